The minimum Gasteiger partial charge on any atom is -0.393 e. The van der Waals surface area contributed by atoms with Crippen molar-refractivity contribution in [2.45, 2.75) is 58.5 Å². The molecule has 2 unspecified atom stereocenters. The molecule has 4 nitrogen and oxygen atoms in total. The zero-order valence-electron chi connectivity index (χ0n) is 13.4. The lowest BCUT2D eigenvalue weighted by Crippen LogP contribution is -2.43. The molecule has 1 N–H and O–H groups in total. The van der Waals surface area contributed by atoms with Crippen molar-refractivity contribution in [1.82, 2.24) is 9.88 Å². The number of piperidine rings is 1. The molecule has 1 fully saturated rings. The Morgan fingerprint density at radius 1 is 1.57 bits per heavy atom. The van der Waals surface area contributed by atoms with E-state index in [1.54, 1.807) is 11.3 Å². The van der Waals surface area contributed by atoms with Crippen LogP contribution in [0.1, 0.15) is 51.2 Å². The smallest absolute Gasteiger partial charge is 0.228 e. The van der Waals surface area contributed by atoms with Crippen molar-refractivity contribution in [1.29, 1.82) is 0 Å². The highest BCUT2D eigenvalue weighted by Crippen LogP contribution is 2.26. The van der Waals surface area contributed by atoms with Crippen molar-refractivity contribution in [3.63, 3.8) is 0 Å². The normalized spacial score (nSPS) is 21.4. The van der Waals surface area contributed by atoms with Crippen LogP contribution >= 0.6 is 11.3 Å². The second kappa shape index (κ2) is 6.44. The standard InChI is InChI=1S/C16H26N2O2S/c1-11(19)12-6-5-7-18(9-12)14(20)8-13-10-21-15(17-13)16(2,3)4/h10-12,19H,5-9H2,1-4H3. The van der Waals surface area contributed by atoms with E-state index < -0.39 is 0 Å². The molecule has 2 rings (SSSR count). The van der Waals surface area contributed by atoms with E-state index in [9.17, 15) is 9.90 Å². The molecule has 118 valence electrons. The van der Waals surface area contributed by atoms with Gasteiger partial charge in [0.2, 0.25) is 5.91 Å². The summed E-state index contributed by atoms with van der Waals surface area (Å²) in [6.45, 7) is 9.69. The van der Waals surface area contributed by atoms with Gasteiger partial charge in [-0.3, -0.25) is 4.79 Å². The van der Waals surface area contributed by atoms with Gasteiger partial charge < -0.3 is 10.0 Å². The number of amides is 1. The van der Waals surface area contributed by atoms with E-state index in [1.807, 2.05) is 17.2 Å². The fourth-order valence-electron chi connectivity index (χ4n) is 2.63. The van der Waals surface area contributed by atoms with Gasteiger partial charge in [-0.2, -0.15) is 0 Å². The Hall–Kier alpha value is -0.940. The first-order valence-electron chi connectivity index (χ1n) is 7.68. The van der Waals surface area contributed by atoms with Gasteiger partial charge in [0.1, 0.15) is 0 Å². The summed E-state index contributed by atoms with van der Waals surface area (Å²) in [4.78, 5) is 18.9. The summed E-state index contributed by atoms with van der Waals surface area (Å²) >= 11 is 1.63. The minimum atomic E-state index is -0.340. The van der Waals surface area contributed by atoms with Crippen LogP contribution in [-0.2, 0) is 16.6 Å². The molecule has 0 aromatic carbocycles. The lowest BCUT2D eigenvalue weighted by molar-refractivity contribution is -0.133. The number of carbonyl (C=O) groups excluding carboxylic acids is 1. The predicted octanol–water partition coefficient (Wildman–Crippen LogP) is 2.60. The zero-order chi connectivity index (χ0) is 15.6. The summed E-state index contributed by atoms with van der Waals surface area (Å²) in [5.74, 6) is 0.342. The summed E-state index contributed by atoms with van der Waals surface area (Å²) in [5, 5.41) is 12.8. The number of rotatable bonds is 3. The first-order valence-corrected chi connectivity index (χ1v) is 8.56. The molecule has 2 heterocycles. The number of hydrogen-bond acceptors (Lipinski definition) is 4. The van der Waals surface area contributed by atoms with Gasteiger partial charge in [-0.15, -0.1) is 11.3 Å². The number of aliphatic hydroxyl groups excluding tert-OH is 1. The number of hydrogen-bond donors (Lipinski definition) is 1. The van der Waals surface area contributed by atoms with Crippen LogP contribution in [0.5, 0.6) is 0 Å². The van der Waals surface area contributed by atoms with E-state index in [0.29, 0.717) is 13.0 Å². The molecular weight excluding hydrogens is 284 g/mol. The van der Waals surface area contributed by atoms with E-state index in [4.69, 9.17) is 0 Å². The molecule has 0 bridgehead atoms. The Morgan fingerprint density at radius 2 is 2.29 bits per heavy atom. The average Bonchev–Trinajstić information content (AvgIpc) is 2.87. The monoisotopic (exact) mass is 310 g/mol. The Balaban J connectivity index is 1.96. The van der Waals surface area contributed by atoms with Crippen molar-refractivity contribution in [3.05, 3.63) is 16.1 Å². The van der Waals surface area contributed by atoms with E-state index in [0.717, 1.165) is 30.1 Å². The van der Waals surface area contributed by atoms with Gasteiger partial charge in [-0.1, -0.05) is 20.8 Å². The van der Waals surface area contributed by atoms with E-state index in [1.165, 1.54) is 0 Å². The second-order valence-corrected chi connectivity index (χ2v) is 7.91. The van der Waals surface area contributed by atoms with Crippen molar-refractivity contribution < 1.29 is 9.90 Å². The molecule has 1 aromatic heterocycles. The van der Waals surface area contributed by atoms with E-state index in [2.05, 4.69) is 25.8 Å². The topological polar surface area (TPSA) is 53.4 Å². The summed E-state index contributed by atoms with van der Waals surface area (Å²) < 4.78 is 0. The van der Waals surface area contributed by atoms with E-state index in [-0.39, 0.29) is 23.3 Å². The van der Waals surface area contributed by atoms with Crippen LogP contribution in [0.2, 0.25) is 0 Å². The number of thiazole rings is 1. The lowest BCUT2D eigenvalue weighted by atomic mass is 9.93. The Kier molecular flexibility index (Phi) is 5.04. The van der Waals surface area contributed by atoms with E-state index >= 15 is 0 Å². The molecule has 1 aliphatic heterocycles. The molecule has 1 aliphatic rings. The number of aromatic nitrogens is 1. The summed E-state index contributed by atoms with van der Waals surface area (Å²) in [6.07, 6.45) is 2.02. The fraction of sp³-hybridized carbons (Fsp3) is 0.750. The molecule has 1 aromatic rings. The third-order valence-electron chi connectivity index (χ3n) is 4.02. The average molecular weight is 310 g/mol. The Bertz CT molecular complexity index is 491. The number of likely N-dealkylation sites (tertiary alicyclic amines) is 1. The first-order chi connectivity index (χ1) is 9.77. The van der Waals surface area contributed by atoms with Crippen molar-refractivity contribution in [2.24, 2.45) is 5.92 Å². The van der Waals surface area contributed by atoms with Gasteiger partial charge in [0.15, 0.2) is 0 Å². The molecule has 1 saturated heterocycles. The van der Waals surface area contributed by atoms with Gasteiger partial charge in [0.05, 0.1) is 23.2 Å². The molecule has 2 atom stereocenters. The lowest BCUT2D eigenvalue weighted by Gasteiger charge is -2.34. The van der Waals surface area contributed by atoms with Crippen molar-refractivity contribution in [3.8, 4) is 0 Å². The third-order valence-corrected chi connectivity index (χ3v) is 5.34. The van der Waals surface area contributed by atoms with Crippen molar-refractivity contribution in [2.75, 3.05) is 13.1 Å². The van der Waals surface area contributed by atoms with Crippen LogP contribution in [0.15, 0.2) is 5.38 Å². The molecule has 0 spiro atoms. The fourth-order valence-corrected chi connectivity index (χ4v) is 3.54. The quantitative estimate of drug-likeness (QED) is 0.933. The highest BCUT2D eigenvalue weighted by atomic mass is 32.1. The Morgan fingerprint density at radius 3 is 2.86 bits per heavy atom. The predicted molar refractivity (Wildman–Crippen MR) is 85.5 cm³/mol. The van der Waals surface area contributed by atoms with Crippen LogP contribution in [0, 0.1) is 5.92 Å². The first kappa shape index (κ1) is 16.4. The maximum absolute atomic E-state index is 12.4. The minimum absolute atomic E-state index is 0.0362. The second-order valence-electron chi connectivity index (χ2n) is 7.05. The van der Waals surface area contributed by atoms with Gasteiger partial charge in [0, 0.05) is 29.8 Å². The molecule has 1 amide bonds. The number of aliphatic hydroxyl groups is 1. The van der Waals surface area contributed by atoms with Gasteiger partial charge in [-0.05, 0) is 19.8 Å². The van der Waals surface area contributed by atoms with Crippen LogP contribution in [-0.4, -0.2) is 40.1 Å². The molecule has 21 heavy (non-hydrogen) atoms. The van der Waals surface area contributed by atoms with Crippen LogP contribution in [0.4, 0.5) is 0 Å². The Labute approximate surface area is 131 Å². The van der Waals surface area contributed by atoms with Gasteiger partial charge in [-0.25, -0.2) is 4.98 Å². The molecule has 5 heteroatoms. The van der Waals surface area contributed by atoms with Gasteiger partial charge >= 0.3 is 0 Å². The summed E-state index contributed by atoms with van der Waals surface area (Å²) in [5.41, 5.74) is 0.906. The number of carbonyl (C=O) groups is 1. The summed E-state index contributed by atoms with van der Waals surface area (Å²) in [7, 11) is 0. The molecule has 0 saturated carbocycles. The third kappa shape index (κ3) is 4.27. The van der Waals surface area contributed by atoms with Gasteiger partial charge in [0.25, 0.3) is 0 Å². The molecule has 0 radical (unpaired) electrons. The zero-order valence-corrected chi connectivity index (χ0v) is 14.2. The largest absolute Gasteiger partial charge is 0.393 e. The molecule has 0 aliphatic carbocycles. The maximum atomic E-state index is 12.4. The molecular formula is C16H26N2O2S. The summed E-state index contributed by atoms with van der Waals surface area (Å²) in [6, 6.07) is 0. The maximum Gasteiger partial charge on any atom is 0.228 e. The van der Waals surface area contributed by atoms with Crippen LogP contribution in [0.3, 0.4) is 0 Å². The van der Waals surface area contributed by atoms with Crippen LogP contribution in [0.25, 0.3) is 0 Å². The number of nitrogens with zero attached hydrogens (tertiary/aromatic N) is 2. The highest BCUT2D eigenvalue weighted by Gasteiger charge is 2.27. The van der Waals surface area contributed by atoms with Crippen LogP contribution < -0.4 is 0 Å². The SMILES string of the molecule is CC(O)C1CCCN(C(=O)Cc2csc(C(C)(C)C)n2)C1. The highest BCUT2D eigenvalue weighted by molar-refractivity contribution is 7.09. The van der Waals surface area contributed by atoms with Crippen molar-refractivity contribution >= 4 is 17.2 Å².